The maximum atomic E-state index is 12.5. The highest BCUT2D eigenvalue weighted by Crippen LogP contribution is 2.23. The van der Waals surface area contributed by atoms with E-state index in [9.17, 15) is 4.79 Å². The summed E-state index contributed by atoms with van der Waals surface area (Å²) in [6, 6.07) is 5.99. The predicted octanol–water partition coefficient (Wildman–Crippen LogP) is 2.43. The summed E-state index contributed by atoms with van der Waals surface area (Å²) in [5.41, 5.74) is 0.988. The second-order valence-electron chi connectivity index (χ2n) is 6.30. The molecule has 2 heterocycles. The van der Waals surface area contributed by atoms with Gasteiger partial charge in [-0.2, -0.15) is 0 Å². The van der Waals surface area contributed by atoms with Gasteiger partial charge in [0.25, 0.3) is 0 Å². The number of nitrogens with one attached hydrogen (secondary N) is 1. The first kappa shape index (κ1) is 17.0. The van der Waals surface area contributed by atoms with Crippen molar-refractivity contribution in [3.63, 3.8) is 0 Å². The Labute approximate surface area is 147 Å². The lowest BCUT2D eigenvalue weighted by molar-refractivity contribution is -0.130. The summed E-state index contributed by atoms with van der Waals surface area (Å²) in [4.78, 5) is 17.0. The monoisotopic (exact) mass is 355 g/mol. The summed E-state index contributed by atoms with van der Waals surface area (Å²) in [7, 11) is 0. The van der Waals surface area contributed by atoms with E-state index in [0.717, 1.165) is 51.3 Å². The number of piperazine rings is 1. The van der Waals surface area contributed by atoms with Crippen LogP contribution in [0.2, 0.25) is 10.0 Å². The van der Waals surface area contributed by atoms with Gasteiger partial charge in [0.15, 0.2) is 0 Å². The fourth-order valence-corrected chi connectivity index (χ4v) is 3.94. The Morgan fingerprint density at radius 2 is 2.00 bits per heavy atom. The van der Waals surface area contributed by atoms with Gasteiger partial charge in [0, 0.05) is 61.8 Å². The molecule has 2 aliphatic heterocycles. The highest BCUT2D eigenvalue weighted by molar-refractivity contribution is 6.35. The Bertz CT molecular complexity index is 561. The van der Waals surface area contributed by atoms with Crippen molar-refractivity contribution in [2.24, 2.45) is 0 Å². The van der Waals surface area contributed by atoms with Gasteiger partial charge in [0.05, 0.1) is 0 Å². The summed E-state index contributed by atoms with van der Waals surface area (Å²) in [6.07, 6.45) is 2.27. The normalized spacial score (nSPS) is 22.5. The Hall–Kier alpha value is -0.810. The molecule has 0 bridgehead atoms. The molecule has 0 saturated carbocycles. The highest BCUT2D eigenvalue weighted by atomic mass is 35.5. The summed E-state index contributed by atoms with van der Waals surface area (Å²) in [5.74, 6) is 0.230. The average molecular weight is 356 g/mol. The lowest BCUT2D eigenvalue weighted by Gasteiger charge is -2.32. The molecule has 1 unspecified atom stereocenters. The zero-order valence-corrected chi connectivity index (χ0v) is 14.7. The molecule has 4 nitrogen and oxygen atoms in total. The maximum Gasteiger partial charge on any atom is 0.222 e. The molecule has 6 heteroatoms. The van der Waals surface area contributed by atoms with Crippen LogP contribution >= 0.6 is 23.2 Å². The van der Waals surface area contributed by atoms with Crippen LogP contribution in [0.15, 0.2) is 18.2 Å². The van der Waals surface area contributed by atoms with Crippen molar-refractivity contribution in [2.45, 2.75) is 25.3 Å². The number of hydrogen-bond donors (Lipinski definition) is 1. The minimum absolute atomic E-state index is 0.230. The molecule has 23 heavy (non-hydrogen) atoms. The first-order chi connectivity index (χ1) is 11.1. The molecule has 1 N–H and O–H groups in total. The van der Waals surface area contributed by atoms with Crippen molar-refractivity contribution in [1.82, 2.24) is 15.1 Å². The zero-order valence-electron chi connectivity index (χ0n) is 13.2. The van der Waals surface area contributed by atoms with Crippen LogP contribution in [0.1, 0.15) is 18.4 Å². The number of hydrogen-bond acceptors (Lipinski definition) is 3. The Morgan fingerprint density at radius 1 is 1.22 bits per heavy atom. The number of amides is 1. The van der Waals surface area contributed by atoms with Crippen LogP contribution in [0.5, 0.6) is 0 Å². The zero-order chi connectivity index (χ0) is 16.2. The van der Waals surface area contributed by atoms with Crippen molar-refractivity contribution in [1.29, 1.82) is 0 Å². The van der Waals surface area contributed by atoms with E-state index in [-0.39, 0.29) is 5.91 Å². The molecule has 0 spiro atoms. The van der Waals surface area contributed by atoms with E-state index < -0.39 is 0 Å². The van der Waals surface area contributed by atoms with Gasteiger partial charge < -0.3 is 10.2 Å². The minimum Gasteiger partial charge on any atom is -0.341 e. The van der Waals surface area contributed by atoms with Crippen molar-refractivity contribution in [2.75, 3.05) is 39.3 Å². The van der Waals surface area contributed by atoms with Gasteiger partial charge in [0.2, 0.25) is 5.91 Å². The molecule has 2 saturated heterocycles. The summed E-state index contributed by atoms with van der Waals surface area (Å²) < 4.78 is 0. The number of carbonyl (C=O) groups excluding carboxylic acids is 1. The van der Waals surface area contributed by atoms with E-state index in [1.54, 1.807) is 6.07 Å². The fourth-order valence-electron chi connectivity index (χ4n) is 3.44. The molecule has 1 atom stereocenters. The summed E-state index contributed by atoms with van der Waals surface area (Å²) >= 11 is 12.1. The van der Waals surface area contributed by atoms with E-state index in [4.69, 9.17) is 23.2 Å². The molecular formula is C17H23Cl2N3O. The third-order valence-electron chi connectivity index (χ3n) is 4.81. The molecule has 2 aliphatic rings. The average Bonchev–Trinajstić information content (AvgIpc) is 3.05. The van der Waals surface area contributed by atoms with Gasteiger partial charge >= 0.3 is 0 Å². The van der Waals surface area contributed by atoms with Crippen LogP contribution in [0.4, 0.5) is 0 Å². The van der Waals surface area contributed by atoms with Crippen LogP contribution in [0.25, 0.3) is 0 Å². The lowest BCUT2D eigenvalue weighted by Crippen LogP contribution is -2.49. The van der Waals surface area contributed by atoms with Crippen LogP contribution in [-0.4, -0.2) is 61.0 Å². The van der Waals surface area contributed by atoms with Crippen LogP contribution in [0, 0.1) is 0 Å². The van der Waals surface area contributed by atoms with Gasteiger partial charge in [-0.3, -0.25) is 9.69 Å². The molecule has 3 rings (SSSR count). The van der Waals surface area contributed by atoms with E-state index >= 15 is 0 Å². The third kappa shape index (κ3) is 4.38. The molecular weight excluding hydrogens is 333 g/mol. The van der Waals surface area contributed by atoms with Gasteiger partial charge in [0.1, 0.15) is 0 Å². The van der Waals surface area contributed by atoms with Crippen molar-refractivity contribution in [3.05, 3.63) is 33.8 Å². The molecule has 0 aromatic heterocycles. The van der Waals surface area contributed by atoms with Gasteiger partial charge in [-0.15, -0.1) is 0 Å². The Morgan fingerprint density at radius 3 is 2.74 bits per heavy atom. The van der Waals surface area contributed by atoms with Crippen molar-refractivity contribution in [3.8, 4) is 0 Å². The number of nitrogens with zero attached hydrogens (tertiary/aromatic N) is 2. The molecule has 126 valence electrons. The Balaban J connectivity index is 1.49. The SMILES string of the molecule is O=C(CCc1ccc(Cl)cc1Cl)N1CCC(N2CCNCC2)C1. The quantitative estimate of drug-likeness (QED) is 0.900. The first-order valence-corrected chi connectivity index (χ1v) is 9.05. The molecule has 1 amide bonds. The third-order valence-corrected chi connectivity index (χ3v) is 5.39. The molecule has 1 aromatic carbocycles. The first-order valence-electron chi connectivity index (χ1n) is 8.30. The Kier molecular flexibility index (Phi) is 5.81. The summed E-state index contributed by atoms with van der Waals surface area (Å²) in [5, 5.41) is 4.65. The largest absolute Gasteiger partial charge is 0.341 e. The topological polar surface area (TPSA) is 35.6 Å². The minimum atomic E-state index is 0.230. The number of halogens is 2. The van der Waals surface area contributed by atoms with Crippen LogP contribution in [-0.2, 0) is 11.2 Å². The molecule has 1 aromatic rings. The van der Waals surface area contributed by atoms with Crippen LogP contribution in [0.3, 0.4) is 0 Å². The lowest BCUT2D eigenvalue weighted by atomic mass is 10.1. The van der Waals surface area contributed by atoms with E-state index in [2.05, 4.69) is 10.2 Å². The summed E-state index contributed by atoms with van der Waals surface area (Å²) in [6.45, 7) is 6.04. The van der Waals surface area contributed by atoms with Gasteiger partial charge in [-0.1, -0.05) is 29.3 Å². The second kappa shape index (κ2) is 7.84. The van der Waals surface area contributed by atoms with Crippen molar-refractivity contribution < 1.29 is 4.79 Å². The number of aryl methyl sites for hydroxylation is 1. The number of benzene rings is 1. The molecule has 0 aliphatic carbocycles. The van der Waals surface area contributed by atoms with E-state index in [0.29, 0.717) is 28.9 Å². The predicted molar refractivity (Wildman–Crippen MR) is 94.2 cm³/mol. The van der Waals surface area contributed by atoms with Gasteiger partial charge in [-0.25, -0.2) is 0 Å². The standard InChI is InChI=1S/C17H23Cl2N3O/c18-14-3-1-13(16(19)11-14)2-4-17(23)22-8-5-15(12-22)21-9-6-20-7-10-21/h1,3,11,15,20H,2,4-10,12H2. The maximum absolute atomic E-state index is 12.5. The van der Waals surface area contributed by atoms with Gasteiger partial charge in [-0.05, 0) is 30.5 Å². The molecule has 2 fully saturated rings. The molecule has 0 radical (unpaired) electrons. The second-order valence-corrected chi connectivity index (χ2v) is 7.15. The van der Waals surface area contributed by atoms with E-state index in [1.807, 2.05) is 17.0 Å². The van der Waals surface area contributed by atoms with Crippen molar-refractivity contribution >= 4 is 29.1 Å². The van der Waals surface area contributed by atoms with E-state index in [1.165, 1.54) is 0 Å². The fraction of sp³-hybridized carbons (Fsp3) is 0.588. The number of carbonyl (C=O) groups is 1. The van der Waals surface area contributed by atoms with Crippen LogP contribution < -0.4 is 5.32 Å². The smallest absolute Gasteiger partial charge is 0.222 e. The number of likely N-dealkylation sites (tertiary alicyclic amines) is 1. The number of rotatable bonds is 4. The highest BCUT2D eigenvalue weighted by Gasteiger charge is 2.30.